The number of sulfonamides is 1. The first kappa shape index (κ1) is 28.8. The summed E-state index contributed by atoms with van der Waals surface area (Å²) in [5.41, 5.74) is -3.10. The molecule has 0 unspecified atom stereocenters. The number of hydrogen-bond acceptors (Lipinski definition) is 8. The van der Waals surface area contributed by atoms with Crippen LogP contribution < -0.4 is 20.7 Å². The summed E-state index contributed by atoms with van der Waals surface area (Å²) in [4.78, 5) is 39.2. The molecule has 40 heavy (non-hydrogen) atoms. The van der Waals surface area contributed by atoms with Crippen LogP contribution in [-0.4, -0.2) is 59.8 Å². The lowest BCUT2D eigenvalue weighted by atomic mass is 10.2. The van der Waals surface area contributed by atoms with Crippen molar-refractivity contribution in [3.63, 3.8) is 0 Å². The highest BCUT2D eigenvalue weighted by Crippen LogP contribution is 2.27. The maximum atomic E-state index is 14.8. The Morgan fingerprint density at radius 3 is 2.50 bits per heavy atom. The van der Waals surface area contributed by atoms with Gasteiger partial charge in [-0.05, 0) is 24.3 Å². The fraction of sp³-hybridized carbons (Fsp3) is 0.208. The van der Waals surface area contributed by atoms with Gasteiger partial charge < -0.3 is 19.6 Å². The van der Waals surface area contributed by atoms with E-state index in [1.807, 2.05) is 0 Å². The van der Waals surface area contributed by atoms with Crippen molar-refractivity contribution in [3.8, 4) is 17.2 Å². The number of thiophene rings is 1. The lowest BCUT2D eigenvalue weighted by Gasteiger charge is -2.17. The van der Waals surface area contributed by atoms with Crippen LogP contribution in [0.3, 0.4) is 0 Å². The highest BCUT2D eigenvalue weighted by atomic mass is 32.2. The van der Waals surface area contributed by atoms with E-state index in [4.69, 9.17) is 9.47 Å². The normalized spacial score (nSPS) is 11.8. The number of rotatable bonds is 10. The van der Waals surface area contributed by atoms with Gasteiger partial charge in [-0.1, -0.05) is 0 Å². The van der Waals surface area contributed by atoms with Gasteiger partial charge in [0.15, 0.2) is 11.6 Å². The summed E-state index contributed by atoms with van der Waals surface area (Å²) in [6.45, 7) is -0.915. The van der Waals surface area contributed by atoms with Crippen molar-refractivity contribution in [2.75, 3.05) is 26.5 Å². The molecule has 212 valence electrons. The number of aromatic amines is 1. The molecule has 0 bridgehead atoms. The highest BCUT2D eigenvalue weighted by molar-refractivity contribution is 7.88. The number of aromatic carboxylic acids is 1. The number of nitrogens with zero attached hydrogens (tertiary/aromatic N) is 2. The molecule has 0 aliphatic carbocycles. The third kappa shape index (κ3) is 5.73. The van der Waals surface area contributed by atoms with Gasteiger partial charge in [0.25, 0.3) is 5.56 Å². The summed E-state index contributed by atoms with van der Waals surface area (Å²) in [6, 6.07) is 4.89. The average Bonchev–Trinajstić information content (AvgIpc) is 3.31. The Kier molecular flexibility index (Phi) is 8.04. The Labute approximate surface area is 227 Å². The first-order valence-electron chi connectivity index (χ1n) is 11.2. The molecular formula is C24H20F3N3O8S2. The molecular weight excluding hydrogens is 579 g/mol. The van der Waals surface area contributed by atoms with Gasteiger partial charge in [0.2, 0.25) is 10.0 Å². The van der Waals surface area contributed by atoms with E-state index in [1.165, 1.54) is 12.4 Å². The Morgan fingerprint density at radius 2 is 1.82 bits per heavy atom. The minimum atomic E-state index is -3.49. The van der Waals surface area contributed by atoms with Gasteiger partial charge in [-0.15, -0.1) is 11.3 Å². The van der Waals surface area contributed by atoms with Crippen molar-refractivity contribution < 1.29 is 41.0 Å². The first-order chi connectivity index (χ1) is 18.8. The quantitative estimate of drug-likeness (QED) is 0.283. The van der Waals surface area contributed by atoms with Gasteiger partial charge >= 0.3 is 11.7 Å². The van der Waals surface area contributed by atoms with Gasteiger partial charge in [0.05, 0.1) is 28.4 Å². The van der Waals surface area contributed by atoms with E-state index in [-0.39, 0.29) is 46.0 Å². The lowest BCUT2D eigenvalue weighted by molar-refractivity contribution is 0.0704. The number of ether oxygens (including phenoxy) is 2. The molecule has 0 aliphatic heterocycles. The number of likely N-dealkylation sites (N-methyl/N-ethyl adjacent to an activating group) is 1. The number of aromatic nitrogens is 2. The summed E-state index contributed by atoms with van der Waals surface area (Å²) in [6.07, 6.45) is 0.992. The molecule has 11 nitrogen and oxygen atoms in total. The van der Waals surface area contributed by atoms with Crippen LogP contribution in [-0.2, 0) is 16.6 Å². The van der Waals surface area contributed by atoms with Crippen LogP contribution in [0.15, 0.2) is 45.3 Å². The maximum Gasteiger partial charge on any atom is 0.346 e. The van der Waals surface area contributed by atoms with E-state index >= 15 is 0 Å². The summed E-state index contributed by atoms with van der Waals surface area (Å²) in [7, 11) is -2.18. The van der Waals surface area contributed by atoms with Crippen LogP contribution in [0.1, 0.15) is 15.2 Å². The molecule has 2 aromatic carbocycles. The largest absolute Gasteiger partial charge is 0.492 e. The van der Waals surface area contributed by atoms with E-state index in [0.29, 0.717) is 15.9 Å². The fourth-order valence-electron chi connectivity index (χ4n) is 3.62. The second-order valence-corrected chi connectivity index (χ2v) is 11.4. The number of halogens is 3. The number of carboxylic acid groups (broad SMARTS) is 1. The van der Waals surface area contributed by atoms with E-state index in [1.54, 1.807) is 0 Å². The zero-order chi connectivity index (χ0) is 29.4. The SMILES string of the molecule is CN(CCOc1ccc(F)c(F)c1COc1ccc(F)c(-n2c(=O)[nH]c3csc(C(=O)O)c3c2=O)c1)S(C)(=O)=O. The third-order valence-corrected chi connectivity index (χ3v) is 8.05. The minimum Gasteiger partial charge on any atom is -0.492 e. The zero-order valence-electron chi connectivity index (χ0n) is 20.7. The molecule has 2 N–H and O–H groups in total. The number of carbonyl (C=O) groups is 1. The fourth-order valence-corrected chi connectivity index (χ4v) is 4.85. The highest BCUT2D eigenvalue weighted by Gasteiger charge is 2.21. The summed E-state index contributed by atoms with van der Waals surface area (Å²) < 4.78 is 78.8. The molecule has 0 spiro atoms. The van der Waals surface area contributed by atoms with E-state index < -0.39 is 57.0 Å². The number of nitrogens with one attached hydrogen (secondary N) is 1. The molecule has 4 aromatic rings. The molecule has 2 aromatic heterocycles. The van der Waals surface area contributed by atoms with Crippen molar-refractivity contribution in [2.45, 2.75) is 6.61 Å². The minimum absolute atomic E-state index is 0.0294. The standard InChI is InChI=1S/C24H20F3N3O8S2/c1-29(40(2,35)36)7-8-37-18-6-5-15(26)20(27)13(18)10-38-12-3-4-14(25)17(9-12)30-22(31)19-16(28-24(30)34)11-39-21(19)23(32)33/h3-6,9,11H,7-8,10H2,1-2H3,(H,28,34)(H,32,33). The van der Waals surface area contributed by atoms with Crippen molar-refractivity contribution in [3.05, 3.63) is 84.4 Å². The summed E-state index contributed by atoms with van der Waals surface area (Å²) in [5.74, 6) is -5.24. The maximum absolute atomic E-state index is 14.8. The van der Waals surface area contributed by atoms with Crippen LogP contribution in [0, 0.1) is 17.5 Å². The van der Waals surface area contributed by atoms with Gasteiger partial charge in [-0.2, -0.15) is 0 Å². The number of H-pyrrole nitrogens is 1. The monoisotopic (exact) mass is 599 g/mol. The average molecular weight is 600 g/mol. The lowest BCUT2D eigenvalue weighted by Crippen LogP contribution is -2.34. The van der Waals surface area contributed by atoms with E-state index in [9.17, 15) is 41.1 Å². The van der Waals surface area contributed by atoms with Gasteiger partial charge in [-0.25, -0.2) is 40.1 Å². The van der Waals surface area contributed by atoms with E-state index in [2.05, 4.69) is 4.98 Å². The van der Waals surface area contributed by atoms with Gasteiger partial charge in [0.1, 0.15) is 35.4 Å². The molecule has 4 rings (SSSR count). The molecule has 0 atom stereocenters. The second kappa shape index (κ2) is 11.1. The first-order valence-corrected chi connectivity index (χ1v) is 14.0. The molecule has 0 saturated carbocycles. The molecule has 0 aliphatic rings. The second-order valence-electron chi connectivity index (χ2n) is 8.40. The summed E-state index contributed by atoms with van der Waals surface area (Å²) >= 11 is 0.711. The number of fused-ring (bicyclic) bond motifs is 1. The Bertz CT molecular complexity index is 1850. The predicted molar refractivity (Wildman–Crippen MR) is 139 cm³/mol. The summed E-state index contributed by atoms with van der Waals surface area (Å²) in [5, 5.41) is 10.3. The third-order valence-electron chi connectivity index (χ3n) is 5.77. The predicted octanol–water partition coefficient (Wildman–Crippen LogP) is 2.71. The van der Waals surface area contributed by atoms with Crippen LogP contribution in [0.2, 0.25) is 0 Å². The van der Waals surface area contributed by atoms with Crippen LogP contribution >= 0.6 is 11.3 Å². The zero-order valence-corrected chi connectivity index (χ0v) is 22.4. The Hall–Kier alpha value is -4.15. The Morgan fingerprint density at radius 1 is 1.12 bits per heavy atom. The van der Waals surface area contributed by atoms with Crippen molar-refractivity contribution in [1.29, 1.82) is 0 Å². The number of benzene rings is 2. The van der Waals surface area contributed by atoms with Crippen LogP contribution in [0.25, 0.3) is 16.6 Å². The number of hydrogen-bond donors (Lipinski definition) is 2. The molecule has 0 radical (unpaired) electrons. The molecule has 0 saturated heterocycles. The van der Waals surface area contributed by atoms with Crippen LogP contribution in [0.5, 0.6) is 11.5 Å². The van der Waals surface area contributed by atoms with Crippen molar-refractivity contribution >= 4 is 38.2 Å². The van der Waals surface area contributed by atoms with Crippen LogP contribution in [0.4, 0.5) is 13.2 Å². The van der Waals surface area contributed by atoms with Gasteiger partial charge in [-0.3, -0.25) is 4.79 Å². The van der Waals surface area contributed by atoms with Crippen molar-refractivity contribution in [1.82, 2.24) is 13.9 Å². The molecule has 2 heterocycles. The molecule has 16 heteroatoms. The topological polar surface area (TPSA) is 148 Å². The Balaban J connectivity index is 1.65. The smallest absolute Gasteiger partial charge is 0.346 e. The van der Waals surface area contributed by atoms with Crippen molar-refractivity contribution in [2.24, 2.45) is 0 Å². The van der Waals surface area contributed by atoms with E-state index in [0.717, 1.165) is 40.9 Å². The van der Waals surface area contributed by atoms with Gasteiger partial charge in [0, 0.05) is 25.0 Å². The molecule has 0 fully saturated rings. The number of carboxylic acids is 1. The molecule has 0 amide bonds.